The van der Waals surface area contributed by atoms with E-state index in [9.17, 15) is 26.7 Å². The Hall–Kier alpha value is -3.32. The second-order valence-electron chi connectivity index (χ2n) is 9.61. The number of hydrogen-bond acceptors (Lipinski definition) is 7. The third-order valence-corrected chi connectivity index (χ3v) is 8.26. The summed E-state index contributed by atoms with van der Waals surface area (Å²) in [5.41, 5.74) is 0.683. The molecule has 0 spiro atoms. The lowest BCUT2D eigenvalue weighted by Crippen LogP contribution is -2.17. The molecule has 1 aliphatic rings. The lowest BCUT2D eigenvalue weighted by atomic mass is 9.94. The van der Waals surface area contributed by atoms with Crippen molar-refractivity contribution in [2.24, 2.45) is 0 Å². The van der Waals surface area contributed by atoms with Crippen LogP contribution in [0.15, 0.2) is 59.3 Å². The zero-order valence-electron chi connectivity index (χ0n) is 21.2. The number of pyridine rings is 1. The third-order valence-electron chi connectivity index (χ3n) is 6.82. The number of amides is 1. The van der Waals surface area contributed by atoms with E-state index in [1.54, 1.807) is 24.3 Å². The Labute approximate surface area is 244 Å². The fourth-order valence-corrected chi connectivity index (χ4v) is 5.62. The predicted molar refractivity (Wildman–Crippen MR) is 145 cm³/mol. The van der Waals surface area contributed by atoms with Crippen molar-refractivity contribution >= 4 is 45.9 Å². The van der Waals surface area contributed by atoms with E-state index in [1.807, 2.05) is 0 Å². The molecule has 2 heterocycles. The number of carbonyl (C=O) groups is 1. The molecule has 1 fully saturated rings. The van der Waals surface area contributed by atoms with Crippen LogP contribution in [0.25, 0.3) is 11.5 Å². The van der Waals surface area contributed by atoms with Crippen LogP contribution in [0.3, 0.4) is 0 Å². The van der Waals surface area contributed by atoms with Crippen molar-refractivity contribution in [2.45, 2.75) is 43.0 Å². The van der Waals surface area contributed by atoms with Gasteiger partial charge in [0.25, 0.3) is 5.89 Å². The number of rotatable bonds is 8. The van der Waals surface area contributed by atoms with Gasteiger partial charge in [0.05, 0.1) is 17.4 Å². The molecule has 2 aromatic carbocycles. The Bertz CT molecular complexity index is 1600. The molecule has 0 saturated heterocycles. The highest BCUT2D eigenvalue weighted by molar-refractivity contribution is 7.79. The van der Waals surface area contributed by atoms with Crippen LogP contribution in [0.1, 0.15) is 53.2 Å². The summed E-state index contributed by atoms with van der Waals surface area (Å²) < 4.78 is 66.3. The van der Waals surface area contributed by atoms with Crippen molar-refractivity contribution in [1.82, 2.24) is 15.1 Å². The maximum atomic E-state index is 12.9. The number of halogens is 5. The van der Waals surface area contributed by atoms with Gasteiger partial charge in [-0.15, -0.1) is 0 Å². The molecule has 214 valence electrons. The smallest absolute Gasteiger partial charge is 0.416 e. The highest BCUT2D eigenvalue weighted by Crippen LogP contribution is 2.57. The fraction of sp³-hybridized carbons (Fsp3) is 0.259. The Kier molecular flexibility index (Phi) is 7.94. The van der Waals surface area contributed by atoms with Crippen LogP contribution in [0.5, 0.6) is 0 Å². The Morgan fingerprint density at radius 1 is 1.15 bits per heavy atom. The number of nitrogens with zero attached hydrogens (tertiary/aromatic N) is 3. The fourth-order valence-electron chi connectivity index (χ4n) is 4.41. The van der Waals surface area contributed by atoms with Crippen molar-refractivity contribution in [3.05, 3.63) is 93.0 Å². The lowest BCUT2D eigenvalue weighted by Gasteiger charge is -2.17. The van der Waals surface area contributed by atoms with Gasteiger partial charge in [-0.05, 0) is 78.9 Å². The van der Waals surface area contributed by atoms with Crippen molar-refractivity contribution in [3.63, 3.8) is 0 Å². The number of anilines is 1. The summed E-state index contributed by atoms with van der Waals surface area (Å²) >= 11 is 11.0. The van der Waals surface area contributed by atoms with Crippen LogP contribution in [0.2, 0.25) is 10.0 Å². The first-order valence-corrected chi connectivity index (χ1v) is 14.1. The van der Waals surface area contributed by atoms with Gasteiger partial charge in [-0.25, -0.2) is 0 Å². The maximum absolute atomic E-state index is 12.9. The van der Waals surface area contributed by atoms with E-state index < -0.39 is 33.5 Å². The van der Waals surface area contributed by atoms with Gasteiger partial charge < -0.3 is 14.4 Å². The predicted octanol–water partition coefficient (Wildman–Crippen LogP) is 6.66. The first-order chi connectivity index (χ1) is 19.4. The zero-order chi connectivity index (χ0) is 29.5. The second-order valence-corrected chi connectivity index (χ2v) is 11.6. The summed E-state index contributed by atoms with van der Waals surface area (Å²) in [4.78, 5) is 21.2. The highest BCUT2D eigenvalue weighted by atomic mass is 35.5. The molecule has 1 saturated carbocycles. The van der Waals surface area contributed by atoms with Gasteiger partial charge in [0.2, 0.25) is 5.91 Å². The van der Waals surface area contributed by atoms with E-state index in [1.165, 1.54) is 25.3 Å². The molecular formula is C27H20Cl2F3N4O4S-. The first-order valence-electron chi connectivity index (χ1n) is 12.2. The van der Waals surface area contributed by atoms with Gasteiger partial charge in [0, 0.05) is 44.0 Å². The number of carbonyl (C=O) groups excluding carboxylic acids is 1. The van der Waals surface area contributed by atoms with Crippen LogP contribution in [-0.2, 0) is 33.9 Å². The second kappa shape index (κ2) is 11.2. The molecule has 41 heavy (non-hydrogen) atoms. The van der Waals surface area contributed by atoms with Gasteiger partial charge in [-0.3, -0.25) is 14.0 Å². The number of benzene rings is 2. The van der Waals surface area contributed by atoms with Crippen LogP contribution in [0, 0.1) is 0 Å². The molecule has 2 unspecified atom stereocenters. The summed E-state index contributed by atoms with van der Waals surface area (Å²) in [6.07, 6.45) is -1.87. The van der Waals surface area contributed by atoms with Crippen LogP contribution in [-0.4, -0.2) is 29.8 Å². The first kappa shape index (κ1) is 29.2. The molecule has 1 amide bonds. The van der Waals surface area contributed by atoms with Gasteiger partial charge >= 0.3 is 6.18 Å². The van der Waals surface area contributed by atoms with Crippen molar-refractivity contribution in [3.8, 4) is 11.5 Å². The van der Waals surface area contributed by atoms with Gasteiger partial charge in [-0.2, -0.15) is 18.2 Å². The summed E-state index contributed by atoms with van der Waals surface area (Å²) in [5, 5.41) is 6.62. The SMILES string of the molecule is CC(c1ccc(CC(=O)Nc2cc(Cl)c(C3(c4noc(-c5ccc(C(F)(F)F)cc5)n4)CC3)c(Cl)c2)nc1)S(=O)[O-]. The van der Waals surface area contributed by atoms with Crippen molar-refractivity contribution < 1.29 is 31.3 Å². The van der Waals surface area contributed by atoms with Gasteiger partial charge in [-0.1, -0.05) is 34.4 Å². The molecule has 0 radical (unpaired) electrons. The molecule has 0 aliphatic heterocycles. The quantitative estimate of drug-likeness (QED) is 0.218. The van der Waals surface area contributed by atoms with E-state index >= 15 is 0 Å². The van der Waals surface area contributed by atoms with Crippen molar-refractivity contribution in [1.29, 1.82) is 0 Å². The van der Waals surface area contributed by atoms with Gasteiger partial charge in [0.15, 0.2) is 5.82 Å². The maximum Gasteiger partial charge on any atom is 0.416 e. The van der Waals surface area contributed by atoms with Crippen LogP contribution < -0.4 is 5.32 Å². The highest BCUT2D eigenvalue weighted by Gasteiger charge is 2.52. The largest absolute Gasteiger partial charge is 0.772 e. The minimum Gasteiger partial charge on any atom is -0.772 e. The lowest BCUT2D eigenvalue weighted by molar-refractivity contribution is -0.137. The molecule has 1 N–H and O–H groups in total. The standard InChI is InChI=1S/C27H21Cl2F3N4O4S/c1-14(41(38)39)16-4-7-18(33-13-16)12-22(37)34-19-10-20(28)23(21(29)11-19)26(8-9-26)25-35-24(40-36-25)15-2-5-17(6-3-15)27(30,31)32/h2-7,10-11,13-14H,8-9,12H2,1H3,(H,34,37)(H,38,39)/p-1. The van der Waals surface area contributed by atoms with Crippen molar-refractivity contribution in [2.75, 3.05) is 5.32 Å². The molecule has 0 bridgehead atoms. The molecule has 14 heteroatoms. The zero-order valence-corrected chi connectivity index (χ0v) is 23.5. The average Bonchev–Trinajstić information content (AvgIpc) is 3.53. The molecule has 8 nitrogen and oxygen atoms in total. The Balaban J connectivity index is 1.30. The monoisotopic (exact) mass is 623 g/mol. The Morgan fingerprint density at radius 2 is 1.80 bits per heavy atom. The van der Waals surface area contributed by atoms with Gasteiger partial charge in [0.1, 0.15) is 0 Å². The van der Waals surface area contributed by atoms with E-state index in [0.29, 0.717) is 46.7 Å². The van der Waals surface area contributed by atoms with E-state index in [4.69, 9.17) is 27.7 Å². The summed E-state index contributed by atoms with van der Waals surface area (Å²) in [6.45, 7) is 1.53. The summed E-state index contributed by atoms with van der Waals surface area (Å²) in [7, 11) is 0. The van der Waals surface area contributed by atoms with E-state index in [2.05, 4.69) is 20.4 Å². The topological polar surface area (TPSA) is 121 Å². The number of aromatic nitrogens is 3. The van der Waals surface area contributed by atoms with Crippen LogP contribution >= 0.6 is 23.2 Å². The molecule has 5 rings (SSSR count). The molecule has 4 aromatic rings. The van der Waals surface area contributed by atoms with E-state index in [-0.39, 0.29) is 28.3 Å². The number of hydrogen-bond donors (Lipinski definition) is 1. The minimum atomic E-state index is -4.46. The number of nitrogens with one attached hydrogen (secondary N) is 1. The molecule has 2 aromatic heterocycles. The average molecular weight is 624 g/mol. The normalized spacial score (nSPS) is 15.8. The molecular weight excluding hydrogens is 604 g/mol. The molecule has 1 aliphatic carbocycles. The third kappa shape index (κ3) is 6.15. The number of alkyl halides is 3. The summed E-state index contributed by atoms with van der Waals surface area (Å²) in [6, 6.07) is 10.7. The minimum absolute atomic E-state index is 0.0634. The molecule has 2 atom stereocenters. The van der Waals surface area contributed by atoms with Crippen LogP contribution in [0.4, 0.5) is 18.9 Å². The summed E-state index contributed by atoms with van der Waals surface area (Å²) in [5.74, 6) is -0.0165. The van der Waals surface area contributed by atoms with E-state index in [0.717, 1.165) is 12.1 Å². The Morgan fingerprint density at radius 3 is 2.34 bits per heavy atom.